The Morgan fingerprint density at radius 1 is 1.06 bits per heavy atom. The van der Waals surface area contributed by atoms with Crippen LogP contribution in [0.2, 0.25) is 0 Å². The number of hydrogen-bond acceptors (Lipinski definition) is 6. The van der Waals surface area contributed by atoms with Gasteiger partial charge in [-0.1, -0.05) is 24.3 Å². The standard InChI is InChI=1S/C23H23FN2O6/c24-16-4-1-14(2-5-16)11-25-22(28)10-17-6-7-18(21(12-27)32-17)26-23(29)15-3-8-19-20(9-15)31-13-30-19/h1-9,17-18,21,27H,10-13H2,(H,25,28)(H,26,29)/t17-,18-,21-/m0/s1. The molecule has 0 fully saturated rings. The van der Waals surface area contributed by atoms with E-state index in [0.29, 0.717) is 17.1 Å². The van der Waals surface area contributed by atoms with E-state index in [9.17, 15) is 19.1 Å². The van der Waals surface area contributed by atoms with Crippen LogP contribution >= 0.6 is 0 Å². The van der Waals surface area contributed by atoms with Crippen LogP contribution in [0.5, 0.6) is 11.5 Å². The number of hydrogen-bond donors (Lipinski definition) is 3. The van der Waals surface area contributed by atoms with Gasteiger partial charge in [-0.05, 0) is 35.9 Å². The molecular formula is C23H23FN2O6. The molecule has 32 heavy (non-hydrogen) atoms. The molecule has 0 saturated heterocycles. The minimum atomic E-state index is -0.701. The van der Waals surface area contributed by atoms with Crippen LogP contribution in [-0.4, -0.2) is 48.6 Å². The quantitative estimate of drug-likeness (QED) is 0.564. The minimum absolute atomic E-state index is 0.0526. The number of benzene rings is 2. The normalized spacial score (nSPS) is 21.2. The highest BCUT2D eigenvalue weighted by molar-refractivity contribution is 5.95. The SMILES string of the molecule is O=C(C[C@@H]1C=C[C@H](NC(=O)c2ccc3c(c2)OCO3)[C@H](CO)O1)NCc1ccc(F)cc1. The molecule has 0 aromatic heterocycles. The number of aliphatic hydroxyl groups is 1. The first kappa shape index (κ1) is 21.8. The van der Waals surface area contributed by atoms with Crippen molar-refractivity contribution in [1.29, 1.82) is 0 Å². The highest BCUT2D eigenvalue weighted by atomic mass is 19.1. The van der Waals surface area contributed by atoms with Crippen LogP contribution < -0.4 is 20.1 Å². The van der Waals surface area contributed by atoms with E-state index in [0.717, 1.165) is 5.56 Å². The summed E-state index contributed by atoms with van der Waals surface area (Å²) in [4.78, 5) is 24.8. The number of halogens is 1. The van der Waals surface area contributed by atoms with Crippen molar-refractivity contribution in [1.82, 2.24) is 10.6 Å². The summed E-state index contributed by atoms with van der Waals surface area (Å²) in [5.41, 5.74) is 1.17. The summed E-state index contributed by atoms with van der Waals surface area (Å²) in [6.45, 7) is 0.0579. The van der Waals surface area contributed by atoms with E-state index in [1.807, 2.05) is 0 Å². The lowest BCUT2D eigenvalue weighted by Crippen LogP contribution is -2.49. The zero-order valence-corrected chi connectivity index (χ0v) is 17.1. The topological polar surface area (TPSA) is 106 Å². The fourth-order valence-electron chi connectivity index (χ4n) is 3.47. The maximum atomic E-state index is 13.0. The summed E-state index contributed by atoms with van der Waals surface area (Å²) in [7, 11) is 0. The maximum Gasteiger partial charge on any atom is 0.251 e. The number of ether oxygens (including phenoxy) is 3. The molecule has 0 spiro atoms. The first-order valence-corrected chi connectivity index (χ1v) is 10.2. The van der Waals surface area contributed by atoms with Crippen LogP contribution in [0, 0.1) is 5.82 Å². The lowest BCUT2D eigenvalue weighted by Gasteiger charge is -2.31. The predicted octanol–water partition coefficient (Wildman–Crippen LogP) is 1.68. The van der Waals surface area contributed by atoms with Gasteiger partial charge >= 0.3 is 0 Å². The predicted molar refractivity (Wildman–Crippen MR) is 112 cm³/mol. The van der Waals surface area contributed by atoms with Crippen molar-refractivity contribution >= 4 is 11.8 Å². The molecule has 3 atom stereocenters. The third-order valence-corrected chi connectivity index (χ3v) is 5.19. The molecule has 2 heterocycles. The first-order valence-electron chi connectivity index (χ1n) is 10.2. The van der Waals surface area contributed by atoms with Gasteiger partial charge < -0.3 is 30.0 Å². The monoisotopic (exact) mass is 442 g/mol. The molecule has 3 N–H and O–H groups in total. The number of amides is 2. The number of carbonyl (C=O) groups is 2. The Bertz CT molecular complexity index is 1010. The maximum absolute atomic E-state index is 13.0. The molecule has 9 heteroatoms. The fourth-order valence-corrected chi connectivity index (χ4v) is 3.47. The molecule has 2 aliphatic rings. The van der Waals surface area contributed by atoms with E-state index in [1.165, 1.54) is 12.1 Å². The summed E-state index contributed by atoms with van der Waals surface area (Å²) < 4.78 is 29.3. The van der Waals surface area contributed by atoms with Gasteiger partial charge in [0.2, 0.25) is 12.7 Å². The second kappa shape index (κ2) is 9.80. The zero-order valence-electron chi connectivity index (χ0n) is 17.1. The van der Waals surface area contributed by atoms with Crippen molar-refractivity contribution in [2.45, 2.75) is 31.2 Å². The Balaban J connectivity index is 1.30. The summed E-state index contributed by atoms with van der Waals surface area (Å²) in [6.07, 6.45) is 2.21. The van der Waals surface area contributed by atoms with Crippen LogP contribution in [0.3, 0.4) is 0 Å². The van der Waals surface area contributed by atoms with Crippen LogP contribution in [0.4, 0.5) is 4.39 Å². The second-order valence-corrected chi connectivity index (χ2v) is 7.46. The molecule has 2 aromatic rings. The van der Waals surface area contributed by atoms with Gasteiger partial charge in [-0.25, -0.2) is 4.39 Å². The first-order chi connectivity index (χ1) is 15.5. The molecule has 0 radical (unpaired) electrons. The third kappa shape index (κ3) is 5.24. The molecule has 0 bridgehead atoms. The van der Waals surface area contributed by atoms with E-state index in [-0.39, 0.29) is 44.0 Å². The van der Waals surface area contributed by atoms with Gasteiger partial charge in [0.1, 0.15) is 11.9 Å². The van der Waals surface area contributed by atoms with Gasteiger partial charge in [-0.15, -0.1) is 0 Å². The number of carbonyl (C=O) groups excluding carboxylic acids is 2. The van der Waals surface area contributed by atoms with Gasteiger partial charge in [-0.2, -0.15) is 0 Å². The zero-order chi connectivity index (χ0) is 22.5. The number of aliphatic hydroxyl groups excluding tert-OH is 1. The molecule has 2 amide bonds. The molecule has 168 valence electrons. The van der Waals surface area contributed by atoms with Crippen LogP contribution in [0.15, 0.2) is 54.6 Å². The summed E-state index contributed by atoms with van der Waals surface area (Å²) >= 11 is 0. The molecule has 0 saturated carbocycles. The number of nitrogens with one attached hydrogen (secondary N) is 2. The lowest BCUT2D eigenvalue weighted by molar-refractivity contribution is -0.125. The number of fused-ring (bicyclic) bond motifs is 1. The van der Waals surface area contributed by atoms with Crippen molar-refractivity contribution in [3.63, 3.8) is 0 Å². The summed E-state index contributed by atoms with van der Waals surface area (Å²) in [6, 6.07) is 10.2. The average molecular weight is 442 g/mol. The summed E-state index contributed by atoms with van der Waals surface area (Å²) in [5.74, 6) is 0.143. The van der Waals surface area contributed by atoms with Gasteiger partial charge in [0.15, 0.2) is 11.5 Å². The Hall–Kier alpha value is -3.43. The average Bonchev–Trinajstić information content (AvgIpc) is 3.27. The third-order valence-electron chi connectivity index (χ3n) is 5.19. The van der Waals surface area contributed by atoms with Crippen molar-refractivity contribution in [3.8, 4) is 11.5 Å². The Morgan fingerprint density at radius 2 is 1.84 bits per heavy atom. The number of rotatable bonds is 7. The second-order valence-electron chi connectivity index (χ2n) is 7.46. The van der Waals surface area contributed by atoms with Gasteiger partial charge in [0, 0.05) is 12.1 Å². The van der Waals surface area contributed by atoms with Crippen molar-refractivity contribution in [2.75, 3.05) is 13.4 Å². The summed E-state index contributed by atoms with van der Waals surface area (Å²) in [5, 5.41) is 15.3. The molecule has 8 nitrogen and oxygen atoms in total. The lowest BCUT2D eigenvalue weighted by atomic mass is 10.0. The van der Waals surface area contributed by atoms with E-state index in [1.54, 1.807) is 42.5 Å². The van der Waals surface area contributed by atoms with E-state index in [4.69, 9.17) is 14.2 Å². The van der Waals surface area contributed by atoms with Crippen LogP contribution in [0.25, 0.3) is 0 Å². The Morgan fingerprint density at radius 3 is 2.62 bits per heavy atom. The van der Waals surface area contributed by atoms with Gasteiger partial charge in [0.25, 0.3) is 5.91 Å². The molecule has 2 aliphatic heterocycles. The molecular weight excluding hydrogens is 419 g/mol. The molecule has 0 aliphatic carbocycles. The Labute approximate surface area is 184 Å². The van der Waals surface area contributed by atoms with Gasteiger partial charge in [-0.3, -0.25) is 9.59 Å². The minimum Gasteiger partial charge on any atom is -0.454 e. The molecule has 2 aromatic carbocycles. The van der Waals surface area contributed by atoms with E-state index < -0.39 is 18.2 Å². The van der Waals surface area contributed by atoms with Crippen LogP contribution in [-0.2, 0) is 16.1 Å². The van der Waals surface area contributed by atoms with Crippen molar-refractivity contribution in [3.05, 3.63) is 71.6 Å². The van der Waals surface area contributed by atoms with Crippen molar-refractivity contribution in [2.24, 2.45) is 0 Å². The largest absolute Gasteiger partial charge is 0.454 e. The highest BCUT2D eigenvalue weighted by Crippen LogP contribution is 2.32. The Kier molecular flexibility index (Phi) is 6.67. The fraction of sp³-hybridized carbons (Fsp3) is 0.304. The molecule has 4 rings (SSSR count). The smallest absolute Gasteiger partial charge is 0.251 e. The van der Waals surface area contributed by atoms with E-state index in [2.05, 4.69) is 10.6 Å². The highest BCUT2D eigenvalue weighted by Gasteiger charge is 2.29. The van der Waals surface area contributed by atoms with E-state index >= 15 is 0 Å². The van der Waals surface area contributed by atoms with Crippen molar-refractivity contribution < 1.29 is 33.3 Å². The van der Waals surface area contributed by atoms with Crippen LogP contribution in [0.1, 0.15) is 22.3 Å². The molecule has 0 unspecified atom stereocenters. The van der Waals surface area contributed by atoms with Gasteiger partial charge in [0.05, 0.1) is 25.2 Å².